The molecule has 1 fully saturated rings. The van der Waals surface area contributed by atoms with E-state index in [2.05, 4.69) is 0 Å². The van der Waals surface area contributed by atoms with Gasteiger partial charge in [0.05, 0.1) is 7.11 Å². The lowest BCUT2D eigenvalue weighted by Crippen LogP contribution is -2.53. The van der Waals surface area contributed by atoms with Crippen molar-refractivity contribution in [3.8, 4) is 5.75 Å². The van der Waals surface area contributed by atoms with Crippen molar-refractivity contribution in [2.75, 3.05) is 27.7 Å². The van der Waals surface area contributed by atoms with Crippen molar-refractivity contribution >= 4 is 11.9 Å². The van der Waals surface area contributed by atoms with Gasteiger partial charge in [-0.3, -0.25) is 4.79 Å². The third kappa shape index (κ3) is 3.39. The molecule has 1 aliphatic rings. The first-order valence-corrected chi connectivity index (χ1v) is 7.28. The van der Waals surface area contributed by atoms with Crippen molar-refractivity contribution in [1.29, 1.82) is 0 Å². The zero-order valence-electron chi connectivity index (χ0n) is 13.2. The summed E-state index contributed by atoms with van der Waals surface area (Å²) >= 11 is 0. The summed E-state index contributed by atoms with van der Waals surface area (Å²) < 4.78 is 5.12. The maximum atomic E-state index is 12.7. The number of ether oxygens (including phenoxy) is 1. The zero-order valence-corrected chi connectivity index (χ0v) is 13.2. The molecule has 22 heavy (non-hydrogen) atoms. The molecule has 0 radical (unpaired) electrons. The lowest BCUT2D eigenvalue weighted by Gasteiger charge is -2.39. The smallest absolute Gasteiger partial charge is 0.326 e. The molecule has 2 unspecified atom stereocenters. The summed E-state index contributed by atoms with van der Waals surface area (Å²) in [4.78, 5) is 27.7. The SMILES string of the molecule is COc1cccc(C(=O)N2CCC(N(C)C)CC2C(=O)O)c1. The van der Waals surface area contributed by atoms with Crippen LogP contribution in [0.5, 0.6) is 5.75 Å². The van der Waals surface area contributed by atoms with Crippen LogP contribution in [0.2, 0.25) is 0 Å². The largest absolute Gasteiger partial charge is 0.497 e. The van der Waals surface area contributed by atoms with E-state index < -0.39 is 12.0 Å². The fourth-order valence-corrected chi connectivity index (χ4v) is 2.81. The molecule has 2 atom stereocenters. The Hall–Kier alpha value is -2.08. The number of hydrogen-bond acceptors (Lipinski definition) is 4. The fourth-order valence-electron chi connectivity index (χ4n) is 2.81. The number of aliphatic carboxylic acids is 1. The van der Waals surface area contributed by atoms with E-state index in [4.69, 9.17) is 4.74 Å². The summed E-state index contributed by atoms with van der Waals surface area (Å²) in [6, 6.07) is 6.19. The molecule has 1 N–H and O–H groups in total. The van der Waals surface area contributed by atoms with E-state index in [0.29, 0.717) is 24.3 Å². The van der Waals surface area contributed by atoms with Crippen molar-refractivity contribution in [2.24, 2.45) is 0 Å². The highest BCUT2D eigenvalue weighted by molar-refractivity contribution is 5.97. The number of piperidine rings is 1. The van der Waals surface area contributed by atoms with Gasteiger partial charge < -0.3 is 19.6 Å². The van der Waals surface area contributed by atoms with Crippen molar-refractivity contribution in [3.05, 3.63) is 29.8 Å². The van der Waals surface area contributed by atoms with Crippen LogP contribution in [0.25, 0.3) is 0 Å². The molecule has 6 heteroatoms. The Morgan fingerprint density at radius 2 is 2.09 bits per heavy atom. The Morgan fingerprint density at radius 1 is 1.36 bits per heavy atom. The third-order valence-corrected chi connectivity index (χ3v) is 4.17. The maximum Gasteiger partial charge on any atom is 0.326 e. The standard InChI is InChI=1S/C16H22N2O4/c1-17(2)12-7-8-18(14(10-12)16(20)21)15(19)11-5-4-6-13(9-11)22-3/h4-6,9,12,14H,7-8,10H2,1-3H3,(H,20,21). The van der Waals surface area contributed by atoms with Crippen LogP contribution in [0.4, 0.5) is 0 Å². The Balaban J connectivity index is 2.22. The van der Waals surface area contributed by atoms with Crippen LogP contribution < -0.4 is 4.74 Å². The summed E-state index contributed by atoms with van der Waals surface area (Å²) in [5, 5.41) is 9.47. The molecule has 120 valence electrons. The normalized spacial score (nSPS) is 21.7. The van der Waals surface area contributed by atoms with E-state index >= 15 is 0 Å². The van der Waals surface area contributed by atoms with E-state index in [1.807, 2.05) is 19.0 Å². The maximum absolute atomic E-state index is 12.7. The number of benzene rings is 1. The third-order valence-electron chi connectivity index (χ3n) is 4.17. The second-order valence-electron chi connectivity index (χ2n) is 5.73. The molecule has 0 aromatic heterocycles. The lowest BCUT2D eigenvalue weighted by atomic mass is 9.95. The van der Waals surface area contributed by atoms with Crippen molar-refractivity contribution in [3.63, 3.8) is 0 Å². The number of rotatable bonds is 4. The molecule has 0 saturated carbocycles. The average molecular weight is 306 g/mol. The molecule has 1 heterocycles. The summed E-state index contributed by atoms with van der Waals surface area (Å²) in [6.07, 6.45) is 1.21. The van der Waals surface area contributed by atoms with Gasteiger partial charge in [0, 0.05) is 18.2 Å². The number of carbonyl (C=O) groups is 2. The quantitative estimate of drug-likeness (QED) is 0.908. The molecule has 2 rings (SSSR count). The Morgan fingerprint density at radius 3 is 2.68 bits per heavy atom. The number of likely N-dealkylation sites (tertiary alicyclic amines) is 1. The molecule has 0 bridgehead atoms. The van der Waals surface area contributed by atoms with Gasteiger partial charge in [-0.25, -0.2) is 4.79 Å². The molecule has 1 aliphatic heterocycles. The predicted molar refractivity (Wildman–Crippen MR) is 82.2 cm³/mol. The van der Waals surface area contributed by atoms with E-state index in [-0.39, 0.29) is 11.9 Å². The minimum Gasteiger partial charge on any atom is -0.497 e. The molecule has 1 saturated heterocycles. The number of amides is 1. The van der Waals surface area contributed by atoms with Crippen molar-refractivity contribution in [1.82, 2.24) is 9.80 Å². The topological polar surface area (TPSA) is 70.1 Å². The monoisotopic (exact) mass is 306 g/mol. The van der Waals surface area contributed by atoms with E-state index in [1.54, 1.807) is 24.3 Å². The van der Waals surface area contributed by atoms with Crippen LogP contribution >= 0.6 is 0 Å². The molecule has 1 amide bonds. The number of carboxylic acid groups (broad SMARTS) is 1. The Labute approximate surface area is 130 Å². The molecular formula is C16H22N2O4. The summed E-state index contributed by atoms with van der Waals surface area (Å²) in [6.45, 7) is 0.440. The van der Waals surface area contributed by atoms with Crippen LogP contribution in [0.1, 0.15) is 23.2 Å². The second-order valence-corrected chi connectivity index (χ2v) is 5.73. The first kappa shape index (κ1) is 16.3. The van der Waals surface area contributed by atoms with Gasteiger partial charge in [-0.1, -0.05) is 6.07 Å². The predicted octanol–water partition coefficient (Wildman–Crippen LogP) is 1.31. The van der Waals surface area contributed by atoms with Gasteiger partial charge >= 0.3 is 5.97 Å². The first-order valence-electron chi connectivity index (χ1n) is 7.28. The van der Waals surface area contributed by atoms with Gasteiger partial charge in [-0.05, 0) is 45.1 Å². The molecule has 0 aliphatic carbocycles. The Bertz CT molecular complexity index is 559. The fraction of sp³-hybridized carbons (Fsp3) is 0.500. The number of carbonyl (C=O) groups excluding carboxylic acids is 1. The highest BCUT2D eigenvalue weighted by Crippen LogP contribution is 2.24. The minimum absolute atomic E-state index is 0.176. The van der Waals surface area contributed by atoms with Crippen LogP contribution in [0, 0.1) is 0 Å². The van der Waals surface area contributed by atoms with Crippen molar-refractivity contribution in [2.45, 2.75) is 24.9 Å². The second kappa shape index (κ2) is 6.79. The number of nitrogens with zero attached hydrogens (tertiary/aromatic N) is 2. The molecule has 0 spiro atoms. The van der Waals surface area contributed by atoms with Gasteiger partial charge in [0.25, 0.3) is 5.91 Å². The molecule has 1 aromatic carbocycles. The van der Waals surface area contributed by atoms with Crippen LogP contribution in [-0.2, 0) is 4.79 Å². The average Bonchev–Trinajstić information content (AvgIpc) is 2.53. The van der Waals surface area contributed by atoms with E-state index in [1.165, 1.54) is 12.0 Å². The van der Waals surface area contributed by atoms with Crippen LogP contribution in [-0.4, -0.2) is 66.6 Å². The van der Waals surface area contributed by atoms with Gasteiger partial charge in [-0.2, -0.15) is 0 Å². The molecule has 1 aromatic rings. The van der Waals surface area contributed by atoms with Gasteiger partial charge in [0.2, 0.25) is 0 Å². The molecular weight excluding hydrogens is 284 g/mol. The Kier molecular flexibility index (Phi) is 5.03. The summed E-state index contributed by atoms with van der Waals surface area (Å²) in [5.41, 5.74) is 0.453. The minimum atomic E-state index is -0.956. The van der Waals surface area contributed by atoms with Crippen molar-refractivity contribution < 1.29 is 19.4 Å². The van der Waals surface area contributed by atoms with E-state index in [0.717, 1.165) is 6.42 Å². The highest BCUT2D eigenvalue weighted by atomic mass is 16.5. The molecule has 6 nitrogen and oxygen atoms in total. The van der Waals surface area contributed by atoms with E-state index in [9.17, 15) is 14.7 Å². The van der Waals surface area contributed by atoms with Gasteiger partial charge in [0.1, 0.15) is 11.8 Å². The zero-order chi connectivity index (χ0) is 16.3. The van der Waals surface area contributed by atoms with Gasteiger partial charge in [-0.15, -0.1) is 0 Å². The van der Waals surface area contributed by atoms with Gasteiger partial charge in [0.15, 0.2) is 0 Å². The number of hydrogen-bond donors (Lipinski definition) is 1. The number of methoxy groups -OCH3 is 1. The van der Waals surface area contributed by atoms with Crippen LogP contribution in [0.3, 0.4) is 0 Å². The summed E-state index contributed by atoms with van der Waals surface area (Å²) in [7, 11) is 5.40. The first-order chi connectivity index (χ1) is 10.4. The summed E-state index contributed by atoms with van der Waals surface area (Å²) in [5.74, 6) is -0.632. The lowest BCUT2D eigenvalue weighted by molar-refractivity contribution is -0.144. The van der Waals surface area contributed by atoms with Crippen LogP contribution in [0.15, 0.2) is 24.3 Å². The number of carboxylic acids is 1. The highest BCUT2D eigenvalue weighted by Gasteiger charge is 2.37.